The number of nitrogens with zero attached hydrogens (tertiary/aromatic N) is 1. The van der Waals surface area contributed by atoms with Gasteiger partial charge in [0, 0.05) is 5.02 Å². The van der Waals surface area contributed by atoms with Crippen molar-refractivity contribution >= 4 is 33.2 Å². The molecular weight excluding hydrogens is 516 g/mol. The van der Waals surface area contributed by atoms with E-state index in [9.17, 15) is 13.2 Å². The molecule has 0 saturated carbocycles. The van der Waals surface area contributed by atoms with Crippen LogP contribution in [-0.2, 0) is 16.6 Å². The second-order valence-corrected chi connectivity index (χ2v) is 11.8. The van der Waals surface area contributed by atoms with Crippen molar-refractivity contribution < 1.29 is 13.2 Å². The average Bonchev–Trinajstić information content (AvgIpc) is 2.88. The third-order valence-electron chi connectivity index (χ3n) is 6.51. The number of carbonyl (C=O) groups is 1. The van der Waals surface area contributed by atoms with Crippen LogP contribution in [0.2, 0.25) is 5.02 Å². The molecule has 38 heavy (non-hydrogen) atoms. The second-order valence-electron chi connectivity index (χ2n) is 9.52. The van der Waals surface area contributed by atoms with Gasteiger partial charge in [-0.25, -0.2) is 8.42 Å². The van der Waals surface area contributed by atoms with Crippen LogP contribution in [0, 0.1) is 20.8 Å². The number of para-hydroxylation sites is 1. The van der Waals surface area contributed by atoms with Crippen LogP contribution in [0.25, 0.3) is 0 Å². The average molecular weight is 547 g/mol. The molecule has 0 radical (unpaired) electrons. The van der Waals surface area contributed by atoms with E-state index in [0.29, 0.717) is 10.7 Å². The van der Waals surface area contributed by atoms with E-state index in [4.69, 9.17) is 11.6 Å². The number of amides is 1. The maximum atomic E-state index is 14.0. The van der Waals surface area contributed by atoms with Crippen molar-refractivity contribution in [3.63, 3.8) is 0 Å². The number of halogens is 1. The van der Waals surface area contributed by atoms with Gasteiger partial charge in [0.15, 0.2) is 0 Å². The Morgan fingerprint density at radius 2 is 1.50 bits per heavy atom. The highest BCUT2D eigenvalue weighted by atomic mass is 35.5. The summed E-state index contributed by atoms with van der Waals surface area (Å²) in [5.41, 5.74) is 5.50. The number of aryl methyl sites for hydroxylation is 3. The van der Waals surface area contributed by atoms with Gasteiger partial charge >= 0.3 is 0 Å². The van der Waals surface area contributed by atoms with Crippen LogP contribution in [-0.4, -0.2) is 14.3 Å². The van der Waals surface area contributed by atoms with Crippen molar-refractivity contribution in [1.29, 1.82) is 0 Å². The molecule has 0 aromatic heterocycles. The zero-order chi connectivity index (χ0) is 27.4. The van der Waals surface area contributed by atoms with E-state index in [-0.39, 0.29) is 29.0 Å². The molecule has 0 heterocycles. The monoisotopic (exact) mass is 546 g/mol. The van der Waals surface area contributed by atoms with Gasteiger partial charge in [0.25, 0.3) is 15.9 Å². The molecule has 0 unspecified atom stereocenters. The fraction of sp³-hybridized carbons (Fsp3) is 0.194. The summed E-state index contributed by atoms with van der Waals surface area (Å²) in [7, 11) is -4.01. The Labute approximate surface area is 230 Å². The molecule has 0 fully saturated rings. The Kier molecular flexibility index (Phi) is 8.24. The summed E-state index contributed by atoms with van der Waals surface area (Å²) in [6.07, 6.45) is 0. The van der Waals surface area contributed by atoms with E-state index < -0.39 is 10.0 Å². The van der Waals surface area contributed by atoms with Gasteiger partial charge in [-0.1, -0.05) is 77.3 Å². The molecule has 5 nitrogen and oxygen atoms in total. The van der Waals surface area contributed by atoms with Crippen LogP contribution in [0.4, 0.5) is 5.69 Å². The smallest absolute Gasteiger partial charge is 0.264 e. The Morgan fingerprint density at radius 3 is 2.16 bits per heavy atom. The molecule has 0 bridgehead atoms. The highest BCUT2D eigenvalue weighted by Gasteiger charge is 2.29. The van der Waals surface area contributed by atoms with Crippen molar-refractivity contribution in [1.82, 2.24) is 5.32 Å². The van der Waals surface area contributed by atoms with Crippen LogP contribution in [0.5, 0.6) is 0 Å². The molecule has 196 valence electrons. The third-order valence-corrected chi connectivity index (χ3v) is 8.53. The number of sulfonamides is 1. The van der Waals surface area contributed by atoms with E-state index in [0.717, 1.165) is 27.8 Å². The number of rotatable bonds is 8. The van der Waals surface area contributed by atoms with Gasteiger partial charge in [-0.15, -0.1) is 0 Å². The molecule has 4 aromatic carbocycles. The molecule has 1 amide bonds. The minimum atomic E-state index is -4.01. The lowest BCUT2D eigenvalue weighted by Crippen LogP contribution is -2.34. The quantitative estimate of drug-likeness (QED) is 0.255. The normalized spacial score (nSPS) is 12.1. The highest BCUT2D eigenvalue weighted by Crippen LogP contribution is 2.30. The van der Waals surface area contributed by atoms with Crippen molar-refractivity contribution in [2.24, 2.45) is 0 Å². The van der Waals surface area contributed by atoms with E-state index in [1.165, 1.54) is 4.31 Å². The molecule has 0 aliphatic carbocycles. The maximum absolute atomic E-state index is 14.0. The Bertz CT molecular complexity index is 1550. The first-order chi connectivity index (χ1) is 18.1. The SMILES string of the molecule is Cc1ccc(S(=O)(=O)N(Cc2ccc(Cl)cc2)c2ccccc2C(=O)N[C@H](C)c2ccc(C)cc2C)cc1. The summed E-state index contributed by atoms with van der Waals surface area (Å²) in [5, 5.41) is 3.62. The number of nitrogens with one attached hydrogen (secondary N) is 1. The van der Waals surface area contributed by atoms with Gasteiger partial charge in [-0.3, -0.25) is 9.10 Å². The predicted octanol–water partition coefficient (Wildman–Crippen LogP) is 7.15. The van der Waals surface area contributed by atoms with Gasteiger partial charge in [-0.2, -0.15) is 0 Å². The fourth-order valence-electron chi connectivity index (χ4n) is 4.44. The zero-order valence-electron chi connectivity index (χ0n) is 21.9. The number of carbonyl (C=O) groups excluding carboxylic acids is 1. The number of anilines is 1. The van der Waals surface area contributed by atoms with Crippen molar-refractivity contribution in [3.8, 4) is 0 Å². The van der Waals surface area contributed by atoms with Crippen molar-refractivity contribution in [3.05, 3.63) is 129 Å². The summed E-state index contributed by atoms with van der Waals surface area (Å²) in [6, 6.07) is 26.3. The highest BCUT2D eigenvalue weighted by molar-refractivity contribution is 7.92. The van der Waals surface area contributed by atoms with Crippen LogP contribution in [0.3, 0.4) is 0 Å². The lowest BCUT2D eigenvalue weighted by Gasteiger charge is -2.27. The van der Waals surface area contributed by atoms with Gasteiger partial charge in [0.2, 0.25) is 0 Å². The Morgan fingerprint density at radius 1 is 0.868 bits per heavy atom. The van der Waals surface area contributed by atoms with Crippen LogP contribution < -0.4 is 9.62 Å². The molecule has 0 saturated heterocycles. The second kappa shape index (κ2) is 11.4. The van der Waals surface area contributed by atoms with Gasteiger partial charge in [-0.05, 0) is 80.8 Å². The largest absolute Gasteiger partial charge is 0.345 e. The topological polar surface area (TPSA) is 66.5 Å². The first-order valence-electron chi connectivity index (χ1n) is 12.4. The summed E-state index contributed by atoms with van der Waals surface area (Å²) in [5.74, 6) is -0.353. The Balaban J connectivity index is 1.75. The minimum Gasteiger partial charge on any atom is -0.345 e. The zero-order valence-corrected chi connectivity index (χ0v) is 23.5. The molecule has 0 aliphatic heterocycles. The lowest BCUT2D eigenvalue weighted by molar-refractivity contribution is 0.0940. The molecule has 1 N–H and O–H groups in total. The van der Waals surface area contributed by atoms with Gasteiger partial charge in [0.05, 0.1) is 28.7 Å². The molecule has 0 aliphatic rings. The molecule has 7 heteroatoms. The predicted molar refractivity (Wildman–Crippen MR) is 154 cm³/mol. The van der Waals surface area contributed by atoms with E-state index in [1.54, 1.807) is 72.8 Å². The molecule has 1 atom stereocenters. The van der Waals surface area contributed by atoms with Crippen molar-refractivity contribution in [2.75, 3.05) is 4.31 Å². The number of benzene rings is 4. The summed E-state index contributed by atoms with van der Waals surface area (Å²) in [4.78, 5) is 13.7. The minimum absolute atomic E-state index is 0.0320. The van der Waals surface area contributed by atoms with Crippen LogP contribution in [0.15, 0.2) is 95.9 Å². The van der Waals surface area contributed by atoms with Crippen LogP contribution >= 0.6 is 11.6 Å². The van der Waals surface area contributed by atoms with E-state index in [1.807, 2.05) is 39.8 Å². The number of hydrogen-bond acceptors (Lipinski definition) is 3. The Hall–Kier alpha value is -3.61. The standard InChI is InChI=1S/C31H31ClN2O3S/c1-21-9-16-27(17-10-21)38(36,37)34(20-25-12-14-26(32)15-13-25)30-8-6-5-7-29(30)31(35)33-24(4)28-18-11-22(2)19-23(28)3/h5-19,24H,20H2,1-4H3,(H,33,35)/t24-/m1/s1. The van der Waals surface area contributed by atoms with Gasteiger partial charge in [0.1, 0.15) is 0 Å². The third kappa shape index (κ3) is 6.09. The first kappa shape index (κ1) is 27.4. The number of hydrogen-bond donors (Lipinski definition) is 1. The maximum Gasteiger partial charge on any atom is 0.264 e. The fourth-order valence-corrected chi connectivity index (χ4v) is 6.04. The molecular formula is C31H31ClN2O3S. The first-order valence-corrected chi connectivity index (χ1v) is 14.2. The van der Waals surface area contributed by atoms with Crippen molar-refractivity contribution in [2.45, 2.75) is 45.2 Å². The summed E-state index contributed by atoms with van der Waals surface area (Å²) >= 11 is 6.07. The van der Waals surface area contributed by atoms with Crippen LogP contribution in [0.1, 0.15) is 51.1 Å². The molecule has 4 aromatic rings. The van der Waals surface area contributed by atoms with Gasteiger partial charge < -0.3 is 5.32 Å². The van der Waals surface area contributed by atoms with E-state index in [2.05, 4.69) is 11.4 Å². The lowest BCUT2D eigenvalue weighted by atomic mass is 10.00. The molecule has 0 spiro atoms. The van der Waals surface area contributed by atoms with E-state index >= 15 is 0 Å². The molecule has 4 rings (SSSR count). The summed E-state index contributed by atoms with van der Waals surface area (Å²) in [6.45, 7) is 7.90. The summed E-state index contributed by atoms with van der Waals surface area (Å²) < 4.78 is 29.2.